The Kier molecular flexibility index (Phi) is 5.94. The van der Waals surface area contributed by atoms with E-state index >= 15 is 0 Å². The zero-order valence-corrected chi connectivity index (χ0v) is 18.5. The van der Waals surface area contributed by atoms with Crippen LogP contribution in [0.25, 0.3) is 10.6 Å². The van der Waals surface area contributed by atoms with Crippen molar-refractivity contribution in [1.29, 1.82) is 0 Å². The van der Waals surface area contributed by atoms with E-state index in [1.807, 2.05) is 19.2 Å². The summed E-state index contributed by atoms with van der Waals surface area (Å²) in [6.45, 7) is 2.07. The Hall–Kier alpha value is -3.31. The molecule has 164 valence electrons. The molecule has 0 saturated heterocycles. The molecule has 1 amide bonds. The molecule has 0 spiro atoms. The predicted molar refractivity (Wildman–Crippen MR) is 114 cm³/mol. The van der Waals surface area contributed by atoms with Crippen LogP contribution in [0, 0.1) is 11.9 Å². The van der Waals surface area contributed by atoms with E-state index in [-0.39, 0.29) is 22.1 Å². The standard InChI is InChI=1S/C20H16ClF2N7OS/c1-20(11-8-25-30(2)9-11,13-4-3-5-14(21)26-13)10-24-17(31)19-29-28-18(32-19)12-6-7-15(22)27-16(12)23/h3-9H,10H2,1-2H3,(H,24,31). The highest BCUT2D eigenvalue weighted by Crippen LogP contribution is 2.31. The highest BCUT2D eigenvalue weighted by Gasteiger charge is 2.33. The first kappa shape index (κ1) is 21.9. The number of amides is 1. The normalized spacial score (nSPS) is 13.0. The smallest absolute Gasteiger partial charge is 0.282 e. The van der Waals surface area contributed by atoms with Gasteiger partial charge < -0.3 is 5.32 Å². The van der Waals surface area contributed by atoms with Crippen LogP contribution in [-0.4, -0.2) is 42.4 Å². The molecule has 0 saturated carbocycles. The second-order valence-electron chi connectivity index (χ2n) is 7.15. The molecule has 12 heteroatoms. The third kappa shape index (κ3) is 4.34. The van der Waals surface area contributed by atoms with Gasteiger partial charge in [-0.15, -0.1) is 10.2 Å². The first-order chi connectivity index (χ1) is 15.3. The Morgan fingerprint density at radius 3 is 2.72 bits per heavy atom. The zero-order valence-electron chi connectivity index (χ0n) is 16.9. The van der Waals surface area contributed by atoms with E-state index in [4.69, 9.17) is 11.6 Å². The van der Waals surface area contributed by atoms with Crippen LogP contribution in [0.2, 0.25) is 5.15 Å². The minimum atomic E-state index is -1.02. The number of rotatable bonds is 6. The molecule has 4 rings (SSSR count). The van der Waals surface area contributed by atoms with Crippen molar-refractivity contribution in [3.8, 4) is 10.6 Å². The SMILES string of the molecule is Cn1cc(C(C)(CNC(=O)c2nnc(-c3ccc(F)nc3F)s2)c2cccc(Cl)n2)cn1. The van der Waals surface area contributed by atoms with Gasteiger partial charge in [0.15, 0.2) is 5.01 Å². The van der Waals surface area contributed by atoms with E-state index in [0.29, 0.717) is 10.8 Å². The quantitative estimate of drug-likeness (QED) is 0.429. The number of aryl methyl sites for hydroxylation is 1. The van der Waals surface area contributed by atoms with Crippen LogP contribution >= 0.6 is 22.9 Å². The predicted octanol–water partition coefficient (Wildman–Crippen LogP) is 3.40. The van der Waals surface area contributed by atoms with Crippen molar-refractivity contribution in [1.82, 2.24) is 35.3 Å². The number of hydrogen-bond donors (Lipinski definition) is 1. The lowest BCUT2D eigenvalue weighted by molar-refractivity contribution is 0.0946. The summed E-state index contributed by atoms with van der Waals surface area (Å²) in [5.74, 6) is -2.47. The summed E-state index contributed by atoms with van der Waals surface area (Å²) in [4.78, 5) is 20.3. The fraction of sp³-hybridized carbons (Fsp3) is 0.200. The van der Waals surface area contributed by atoms with Crippen molar-refractivity contribution in [2.75, 3.05) is 6.54 Å². The highest BCUT2D eigenvalue weighted by molar-refractivity contribution is 7.16. The summed E-state index contributed by atoms with van der Waals surface area (Å²) < 4.78 is 28.6. The molecule has 0 aromatic carbocycles. The molecule has 8 nitrogen and oxygen atoms in total. The van der Waals surface area contributed by atoms with E-state index in [9.17, 15) is 13.6 Å². The molecular formula is C20H16ClF2N7OS. The van der Waals surface area contributed by atoms with E-state index in [2.05, 4.69) is 30.6 Å². The third-order valence-electron chi connectivity index (χ3n) is 4.89. The summed E-state index contributed by atoms with van der Waals surface area (Å²) in [5.41, 5.74) is 0.699. The molecular weight excluding hydrogens is 460 g/mol. The number of nitrogens with zero attached hydrogens (tertiary/aromatic N) is 6. The van der Waals surface area contributed by atoms with Crippen LogP contribution < -0.4 is 5.32 Å². The number of pyridine rings is 2. The molecule has 1 unspecified atom stereocenters. The Balaban J connectivity index is 1.58. The summed E-state index contributed by atoms with van der Waals surface area (Å²) in [7, 11) is 1.79. The van der Waals surface area contributed by atoms with Gasteiger partial charge in [0, 0.05) is 25.4 Å². The molecule has 4 heterocycles. The van der Waals surface area contributed by atoms with Gasteiger partial charge in [-0.3, -0.25) is 9.48 Å². The maximum absolute atomic E-state index is 13.9. The van der Waals surface area contributed by atoms with E-state index < -0.39 is 23.2 Å². The molecule has 0 fully saturated rings. The number of aromatic nitrogens is 6. The summed E-state index contributed by atoms with van der Waals surface area (Å²) in [6, 6.07) is 7.47. The fourth-order valence-electron chi connectivity index (χ4n) is 3.09. The van der Waals surface area contributed by atoms with Crippen molar-refractivity contribution >= 4 is 28.8 Å². The molecule has 0 aliphatic heterocycles. The minimum Gasteiger partial charge on any atom is -0.349 e. The maximum atomic E-state index is 13.9. The highest BCUT2D eigenvalue weighted by atomic mass is 35.5. The summed E-state index contributed by atoms with van der Waals surface area (Å²) >= 11 is 6.96. The number of carbonyl (C=O) groups is 1. The van der Waals surface area contributed by atoms with Gasteiger partial charge >= 0.3 is 0 Å². The molecule has 32 heavy (non-hydrogen) atoms. The van der Waals surface area contributed by atoms with Gasteiger partial charge in [0.1, 0.15) is 5.15 Å². The molecule has 1 N–H and O–H groups in total. The fourth-order valence-corrected chi connectivity index (χ4v) is 4.03. The lowest BCUT2D eigenvalue weighted by Crippen LogP contribution is -2.40. The minimum absolute atomic E-state index is 0.0244. The molecule has 1 atom stereocenters. The van der Waals surface area contributed by atoms with Crippen molar-refractivity contribution in [2.45, 2.75) is 12.3 Å². The second kappa shape index (κ2) is 8.67. The average molecular weight is 476 g/mol. The number of nitrogens with one attached hydrogen (secondary N) is 1. The number of halogens is 3. The zero-order chi connectivity index (χ0) is 22.9. The van der Waals surface area contributed by atoms with Crippen LogP contribution in [0.5, 0.6) is 0 Å². The summed E-state index contributed by atoms with van der Waals surface area (Å²) in [5, 5.41) is 15.2. The number of carbonyl (C=O) groups excluding carboxylic acids is 1. The summed E-state index contributed by atoms with van der Waals surface area (Å²) in [6.07, 6.45) is 3.53. The van der Waals surface area contributed by atoms with Crippen LogP contribution in [0.1, 0.15) is 28.0 Å². The van der Waals surface area contributed by atoms with Crippen molar-refractivity contribution in [2.24, 2.45) is 7.05 Å². The van der Waals surface area contributed by atoms with Gasteiger partial charge in [0.25, 0.3) is 5.91 Å². The third-order valence-corrected chi connectivity index (χ3v) is 6.06. The Labute approximate surface area is 190 Å². The van der Waals surface area contributed by atoms with Gasteiger partial charge in [-0.05, 0) is 31.2 Å². The van der Waals surface area contributed by atoms with Crippen LogP contribution in [-0.2, 0) is 12.5 Å². The van der Waals surface area contributed by atoms with Crippen LogP contribution in [0.4, 0.5) is 8.78 Å². The molecule has 4 aromatic heterocycles. The second-order valence-corrected chi connectivity index (χ2v) is 8.51. The Bertz CT molecular complexity index is 1290. The van der Waals surface area contributed by atoms with Gasteiger partial charge in [0.05, 0.1) is 22.9 Å². The first-order valence-corrected chi connectivity index (χ1v) is 10.5. The van der Waals surface area contributed by atoms with Gasteiger partial charge in [0.2, 0.25) is 16.9 Å². The van der Waals surface area contributed by atoms with Gasteiger partial charge in [-0.25, -0.2) is 4.98 Å². The monoisotopic (exact) mass is 475 g/mol. The van der Waals surface area contributed by atoms with Gasteiger partial charge in [-0.2, -0.15) is 18.9 Å². The molecule has 0 bridgehead atoms. The Morgan fingerprint density at radius 2 is 2.03 bits per heavy atom. The van der Waals surface area contributed by atoms with E-state index in [0.717, 1.165) is 23.0 Å². The van der Waals surface area contributed by atoms with Crippen molar-refractivity contribution in [3.63, 3.8) is 0 Å². The maximum Gasteiger partial charge on any atom is 0.282 e. The van der Waals surface area contributed by atoms with E-state index in [1.54, 1.807) is 30.1 Å². The topological polar surface area (TPSA) is 98.5 Å². The van der Waals surface area contributed by atoms with E-state index in [1.165, 1.54) is 6.07 Å². The molecule has 0 aliphatic rings. The first-order valence-electron chi connectivity index (χ1n) is 9.32. The van der Waals surface area contributed by atoms with Crippen molar-refractivity contribution in [3.05, 3.63) is 76.0 Å². The number of hydrogen-bond acceptors (Lipinski definition) is 7. The largest absolute Gasteiger partial charge is 0.349 e. The lowest BCUT2D eigenvalue weighted by atomic mass is 9.80. The Morgan fingerprint density at radius 1 is 1.22 bits per heavy atom. The van der Waals surface area contributed by atoms with Crippen LogP contribution in [0.15, 0.2) is 42.7 Å². The lowest BCUT2D eigenvalue weighted by Gasteiger charge is -2.28. The van der Waals surface area contributed by atoms with Gasteiger partial charge in [-0.1, -0.05) is 29.0 Å². The average Bonchev–Trinajstić information content (AvgIpc) is 3.41. The molecule has 4 aromatic rings. The van der Waals surface area contributed by atoms with Crippen molar-refractivity contribution < 1.29 is 13.6 Å². The molecule has 0 radical (unpaired) electrons. The molecule has 0 aliphatic carbocycles. The van der Waals surface area contributed by atoms with Crippen LogP contribution in [0.3, 0.4) is 0 Å².